The highest BCUT2D eigenvalue weighted by Gasteiger charge is 2.59. The molecule has 0 unspecified atom stereocenters. The third kappa shape index (κ3) is 3.38. The molecule has 2 nitrogen and oxygen atoms in total. The van der Waals surface area contributed by atoms with Gasteiger partial charge in [-0.25, -0.2) is 0 Å². The van der Waals surface area contributed by atoms with Crippen molar-refractivity contribution in [3.8, 4) is 0 Å². The van der Waals surface area contributed by atoms with E-state index in [1.165, 1.54) is 17.7 Å². The molecule has 3 fully saturated rings. The Hall–Kier alpha value is -1.59. The molecular formula is C27H33F3O2. The highest BCUT2D eigenvalue weighted by molar-refractivity contribution is 5.56. The fraction of sp³-hybridized carbons (Fsp3) is 0.630. The number of hydrogen-bond acceptors (Lipinski definition) is 2. The number of alkyl halides is 3. The van der Waals surface area contributed by atoms with Crippen molar-refractivity contribution in [2.24, 2.45) is 28.6 Å². The van der Waals surface area contributed by atoms with Crippen molar-refractivity contribution in [1.82, 2.24) is 0 Å². The van der Waals surface area contributed by atoms with Crippen LogP contribution in [0.15, 0.2) is 41.5 Å². The van der Waals surface area contributed by atoms with Crippen molar-refractivity contribution in [2.45, 2.75) is 77.2 Å². The van der Waals surface area contributed by atoms with E-state index in [1.54, 1.807) is 0 Å². The summed E-state index contributed by atoms with van der Waals surface area (Å²) in [5.74, 6) is 1.45. The Balaban J connectivity index is 1.42. The smallest absolute Gasteiger partial charge is 0.393 e. The highest BCUT2D eigenvalue weighted by atomic mass is 19.4. The molecule has 4 aliphatic carbocycles. The van der Waals surface area contributed by atoms with Gasteiger partial charge in [-0.1, -0.05) is 43.7 Å². The van der Waals surface area contributed by atoms with Gasteiger partial charge in [-0.15, -0.1) is 0 Å². The molecule has 2 N–H and O–H groups in total. The van der Waals surface area contributed by atoms with Crippen LogP contribution in [0.4, 0.5) is 13.2 Å². The molecule has 5 heteroatoms. The zero-order valence-electron chi connectivity index (χ0n) is 18.8. The lowest BCUT2D eigenvalue weighted by Gasteiger charge is -2.57. The summed E-state index contributed by atoms with van der Waals surface area (Å²) in [4.78, 5) is 0. The lowest BCUT2D eigenvalue weighted by atomic mass is 9.48. The van der Waals surface area contributed by atoms with Crippen molar-refractivity contribution in [3.05, 3.63) is 52.6 Å². The van der Waals surface area contributed by atoms with Crippen molar-refractivity contribution in [3.63, 3.8) is 0 Å². The Morgan fingerprint density at radius 2 is 1.69 bits per heavy atom. The van der Waals surface area contributed by atoms with Gasteiger partial charge < -0.3 is 10.2 Å². The molecule has 32 heavy (non-hydrogen) atoms. The molecular weight excluding hydrogens is 413 g/mol. The van der Waals surface area contributed by atoms with Crippen LogP contribution in [-0.4, -0.2) is 22.4 Å². The first-order chi connectivity index (χ1) is 15.0. The van der Waals surface area contributed by atoms with E-state index in [0.29, 0.717) is 23.3 Å². The summed E-state index contributed by atoms with van der Waals surface area (Å²) >= 11 is 0. The lowest BCUT2D eigenvalue weighted by molar-refractivity contribution is -0.137. The normalized spacial score (nSPS) is 42.8. The van der Waals surface area contributed by atoms with Gasteiger partial charge in [0.05, 0.1) is 17.8 Å². The summed E-state index contributed by atoms with van der Waals surface area (Å²) < 4.78 is 38.7. The minimum Gasteiger partial charge on any atom is -0.393 e. The van der Waals surface area contributed by atoms with Crippen LogP contribution < -0.4 is 0 Å². The summed E-state index contributed by atoms with van der Waals surface area (Å²) in [7, 11) is 0. The van der Waals surface area contributed by atoms with Crippen LogP contribution in [0.2, 0.25) is 0 Å². The Bertz CT molecular complexity index is 947. The van der Waals surface area contributed by atoms with Gasteiger partial charge in [-0.3, -0.25) is 0 Å². The maximum atomic E-state index is 12.9. The van der Waals surface area contributed by atoms with Gasteiger partial charge in [0.1, 0.15) is 0 Å². The number of fused-ring (bicyclic) bond motifs is 5. The van der Waals surface area contributed by atoms with E-state index < -0.39 is 17.8 Å². The molecule has 0 aromatic heterocycles. The molecule has 0 saturated heterocycles. The average molecular weight is 447 g/mol. The second-order valence-electron chi connectivity index (χ2n) is 11.1. The summed E-state index contributed by atoms with van der Waals surface area (Å²) in [5.41, 5.74) is 2.41. The molecule has 174 valence electrons. The molecule has 5 rings (SSSR count). The van der Waals surface area contributed by atoms with Crippen LogP contribution in [0.25, 0.3) is 6.08 Å². The van der Waals surface area contributed by atoms with Gasteiger partial charge in [0.15, 0.2) is 0 Å². The first-order valence-corrected chi connectivity index (χ1v) is 12.0. The van der Waals surface area contributed by atoms with Crippen LogP contribution in [0, 0.1) is 28.6 Å². The van der Waals surface area contributed by atoms with Gasteiger partial charge in [-0.05, 0) is 91.4 Å². The largest absolute Gasteiger partial charge is 0.416 e. The second kappa shape index (κ2) is 7.46. The summed E-state index contributed by atoms with van der Waals surface area (Å²) in [5, 5.41) is 21.5. The van der Waals surface area contributed by atoms with Gasteiger partial charge in [-0.2, -0.15) is 13.2 Å². The predicted molar refractivity (Wildman–Crippen MR) is 119 cm³/mol. The van der Waals surface area contributed by atoms with Crippen LogP contribution in [-0.2, 0) is 6.18 Å². The molecule has 4 aliphatic rings. The zero-order valence-corrected chi connectivity index (χ0v) is 18.8. The van der Waals surface area contributed by atoms with Crippen molar-refractivity contribution in [1.29, 1.82) is 0 Å². The van der Waals surface area contributed by atoms with E-state index in [1.807, 2.05) is 6.08 Å². The number of aliphatic hydroxyl groups excluding tert-OH is 2. The number of aliphatic hydroxyl groups is 2. The SMILES string of the molecule is C[C@]12CC[C@H]3[C@@H](CC=C4C[C@H](O)CC[C@@]43C)[C@@H]1C/C(=C\c1ccc(C(F)(F)F)cc1)[C@@H]2O. The van der Waals surface area contributed by atoms with Crippen LogP contribution >= 0.6 is 0 Å². The lowest BCUT2D eigenvalue weighted by Crippen LogP contribution is -2.51. The maximum absolute atomic E-state index is 12.9. The first kappa shape index (κ1) is 22.2. The third-order valence-electron chi connectivity index (χ3n) is 9.54. The number of hydrogen-bond donors (Lipinski definition) is 2. The van der Waals surface area contributed by atoms with Gasteiger partial charge >= 0.3 is 6.18 Å². The van der Waals surface area contributed by atoms with Crippen LogP contribution in [0.3, 0.4) is 0 Å². The minimum atomic E-state index is -4.34. The predicted octanol–water partition coefficient (Wildman–Crippen LogP) is 6.38. The van der Waals surface area contributed by atoms with Gasteiger partial charge in [0, 0.05) is 5.41 Å². The Kier molecular flexibility index (Phi) is 5.18. The summed E-state index contributed by atoms with van der Waals surface area (Å²) in [6.07, 6.45) is 5.73. The van der Waals surface area contributed by atoms with E-state index in [2.05, 4.69) is 19.9 Å². The van der Waals surface area contributed by atoms with E-state index in [4.69, 9.17) is 0 Å². The zero-order chi connectivity index (χ0) is 22.9. The average Bonchev–Trinajstić information content (AvgIpc) is 2.99. The van der Waals surface area contributed by atoms with E-state index in [-0.39, 0.29) is 16.9 Å². The fourth-order valence-corrected chi connectivity index (χ4v) is 7.62. The first-order valence-electron chi connectivity index (χ1n) is 12.0. The van der Waals surface area contributed by atoms with E-state index in [0.717, 1.165) is 62.7 Å². The van der Waals surface area contributed by atoms with E-state index >= 15 is 0 Å². The highest BCUT2D eigenvalue weighted by Crippen LogP contribution is 2.65. The topological polar surface area (TPSA) is 40.5 Å². The molecule has 1 aromatic carbocycles. The Labute approximate surface area is 188 Å². The minimum absolute atomic E-state index is 0.147. The molecule has 3 saturated carbocycles. The van der Waals surface area contributed by atoms with Crippen LogP contribution in [0.5, 0.6) is 0 Å². The number of halogens is 3. The monoisotopic (exact) mass is 446 g/mol. The molecule has 0 aliphatic heterocycles. The standard InChI is InChI=1S/C27H33F3O2/c1-25-11-9-20(31)15-19(25)7-8-21-22(25)10-12-26(2)23(21)14-17(24(26)32)13-16-3-5-18(6-4-16)27(28,29)30/h3-7,13,20-24,31-32H,8-12,14-15H2,1-2H3/b17-13+/t20-,21-,22+,23+,24+,25+,26+/m1/s1. The quantitative estimate of drug-likeness (QED) is 0.491. The van der Waals surface area contributed by atoms with Crippen molar-refractivity contribution < 1.29 is 23.4 Å². The van der Waals surface area contributed by atoms with E-state index in [9.17, 15) is 23.4 Å². The third-order valence-corrected chi connectivity index (χ3v) is 9.54. The van der Waals surface area contributed by atoms with Gasteiger partial charge in [0.2, 0.25) is 0 Å². The van der Waals surface area contributed by atoms with Crippen molar-refractivity contribution >= 4 is 6.08 Å². The number of benzene rings is 1. The number of rotatable bonds is 1. The Morgan fingerprint density at radius 1 is 0.969 bits per heavy atom. The Morgan fingerprint density at radius 3 is 2.38 bits per heavy atom. The van der Waals surface area contributed by atoms with Gasteiger partial charge in [0.25, 0.3) is 0 Å². The van der Waals surface area contributed by atoms with Crippen LogP contribution in [0.1, 0.15) is 69.9 Å². The molecule has 0 amide bonds. The molecule has 0 radical (unpaired) electrons. The maximum Gasteiger partial charge on any atom is 0.416 e. The summed E-state index contributed by atoms with van der Waals surface area (Å²) in [6, 6.07) is 5.23. The molecule has 0 bridgehead atoms. The second-order valence-corrected chi connectivity index (χ2v) is 11.1. The molecule has 1 aromatic rings. The number of allylic oxidation sites excluding steroid dienone is 1. The fourth-order valence-electron chi connectivity index (χ4n) is 7.62. The molecule has 0 spiro atoms. The summed E-state index contributed by atoms with van der Waals surface area (Å²) in [6.45, 7) is 4.59. The van der Waals surface area contributed by atoms with Crippen molar-refractivity contribution in [2.75, 3.05) is 0 Å². The molecule has 0 heterocycles. The molecule has 7 atom stereocenters.